The second-order valence-electron chi connectivity index (χ2n) is 9.05. The Morgan fingerprint density at radius 3 is 2.60 bits per heavy atom. The molecule has 4 heteroatoms. The van der Waals surface area contributed by atoms with E-state index in [2.05, 4.69) is 54.7 Å². The monoisotopic (exact) mass is 404 g/mol. The Bertz CT molecular complexity index is 932. The van der Waals surface area contributed by atoms with Crippen LogP contribution in [0.2, 0.25) is 0 Å². The number of nitrogens with zero attached hydrogens (tertiary/aromatic N) is 1. The molecule has 0 unspecified atom stereocenters. The van der Waals surface area contributed by atoms with E-state index in [-0.39, 0.29) is 17.7 Å². The molecule has 1 aliphatic carbocycles. The molecular formula is C26H32N2O2. The van der Waals surface area contributed by atoms with Crippen molar-refractivity contribution in [3.63, 3.8) is 0 Å². The van der Waals surface area contributed by atoms with Gasteiger partial charge in [0.05, 0.1) is 5.41 Å². The van der Waals surface area contributed by atoms with Crippen molar-refractivity contribution in [2.45, 2.75) is 45.4 Å². The number of carbonyl (C=O) groups is 2. The molecule has 0 aromatic heterocycles. The van der Waals surface area contributed by atoms with E-state index >= 15 is 0 Å². The third-order valence-corrected chi connectivity index (χ3v) is 6.95. The van der Waals surface area contributed by atoms with E-state index in [0.29, 0.717) is 25.9 Å². The number of hydrogen-bond acceptors (Lipinski definition) is 2. The van der Waals surface area contributed by atoms with Crippen molar-refractivity contribution in [1.29, 1.82) is 0 Å². The van der Waals surface area contributed by atoms with Crippen molar-refractivity contribution in [3.05, 3.63) is 59.7 Å². The summed E-state index contributed by atoms with van der Waals surface area (Å²) in [5, 5.41) is 2.89. The van der Waals surface area contributed by atoms with Gasteiger partial charge in [0.2, 0.25) is 11.8 Å². The zero-order valence-corrected chi connectivity index (χ0v) is 18.1. The zero-order chi connectivity index (χ0) is 21.1. The predicted octanol–water partition coefficient (Wildman–Crippen LogP) is 4.36. The lowest BCUT2D eigenvalue weighted by molar-refractivity contribution is -0.136. The molecule has 0 bridgehead atoms. The fraction of sp³-hybridized carbons (Fsp3) is 0.462. The average molecular weight is 405 g/mol. The van der Waals surface area contributed by atoms with Crippen LogP contribution in [0.3, 0.4) is 0 Å². The Hall–Kier alpha value is -2.62. The first-order valence-electron chi connectivity index (χ1n) is 11.2. The first-order valence-corrected chi connectivity index (χ1v) is 11.2. The Morgan fingerprint density at radius 2 is 1.87 bits per heavy atom. The maximum Gasteiger partial charge on any atom is 0.228 e. The second-order valence-corrected chi connectivity index (χ2v) is 9.05. The van der Waals surface area contributed by atoms with Gasteiger partial charge in [-0.2, -0.15) is 0 Å². The van der Waals surface area contributed by atoms with Gasteiger partial charge >= 0.3 is 0 Å². The molecule has 4 rings (SSSR count). The lowest BCUT2D eigenvalue weighted by Gasteiger charge is -2.29. The first-order chi connectivity index (χ1) is 14.5. The van der Waals surface area contributed by atoms with Crippen LogP contribution in [0.25, 0.3) is 11.1 Å². The van der Waals surface area contributed by atoms with Crippen LogP contribution < -0.4 is 5.32 Å². The zero-order valence-electron chi connectivity index (χ0n) is 18.1. The molecule has 2 amide bonds. The molecule has 4 nitrogen and oxygen atoms in total. The van der Waals surface area contributed by atoms with Crippen LogP contribution in [0, 0.1) is 18.3 Å². The summed E-state index contributed by atoms with van der Waals surface area (Å²) in [7, 11) is 1.71. The third kappa shape index (κ3) is 4.00. The standard InChI is InChI=1S/C26H32N2O2/c1-19-8-7-12-21(16-19)23-13-6-5-11-22(23)17-26(25(30)27-2)14-15-28(18-26)24(29)20-9-3-4-10-20/h5-8,11-13,16,20H,3-4,9-10,14-15,17-18H2,1-2H3,(H,27,30)/t26-/m0/s1. The largest absolute Gasteiger partial charge is 0.359 e. The van der Waals surface area contributed by atoms with E-state index < -0.39 is 5.41 Å². The molecule has 158 valence electrons. The predicted molar refractivity (Wildman–Crippen MR) is 120 cm³/mol. The second kappa shape index (κ2) is 8.63. The highest BCUT2D eigenvalue weighted by Gasteiger charge is 2.46. The molecule has 2 aromatic carbocycles. The number of rotatable bonds is 5. The molecule has 1 atom stereocenters. The molecule has 1 N–H and O–H groups in total. The van der Waals surface area contributed by atoms with Crippen LogP contribution in [-0.2, 0) is 16.0 Å². The quantitative estimate of drug-likeness (QED) is 0.805. The number of nitrogens with one attached hydrogen (secondary N) is 1. The van der Waals surface area contributed by atoms with Gasteiger partial charge in [0.15, 0.2) is 0 Å². The number of hydrogen-bond donors (Lipinski definition) is 1. The lowest BCUT2D eigenvalue weighted by Crippen LogP contribution is -2.44. The summed E-state index contributed by atoms with van der Waals surface area (Å²) in [6.45, 7) is 3.29. The molecule has 2 aromatic rings. The topological polar surface area (TPSA) is 49.4 Å². The Kier molecular flexibility index (Phi) is 5.94. The third-order valence-electron chi connectivity index (χ3n) is 6.95. The highest BCUT2D eigenvalue weighted by Crippen LogP contribution is 2.39. The Labute approximate surface area is 179 Å². The summed E-state index contributed by atoms with van der Waals surface area (Å²) in [5.41, 5.74) is 4.17. The number of amides is 2. The summed E-state index contributed by atoms with van der Waals surface area (Å²) in [4.78, 5) is 28.1. The van der Waals surface area contributed by atoms with Crippen molar-refractivity contribution in [2.75, 3.05) is 20.1 Å². The van der Waals surface area contributed by atoms with Gasteiger partial charge in [-0.25, -0.2) is 0 Å². The molecule has 0 radical (unpaired) electrons. The van der Waals surface area contributed by atoms with E-state index in [1.807, 2.05) is 11.0 Å². The summed E-state index contributed by atoms with van der Waals surface area (Å²) >= 11 is 0. The van der Waals surface area contributed by atoms with E-state index in [0.717, 1.165) is 25.7 Å². The highest BCUT2D eigenvalue weighted by atomic mass is 16.2. The van der Waals surface area contributed by atoms with Crippen LogP contribution in [0.4, 0.5) is 0 Å². The number of carbonyl (C=O) groups excluding carboxylic acids is 2. The van der Waals surface area contributed by atoms with Gasteiger partial charge in [-0.1, -0.05) is 66.9 Å². The van der Waals surface area contributed by atoms with Gasteiger partial charge in [-0.3, -0.25) is 9.59 Å². The van der Waals surface area contributed by atoms with Gasteiger partial charge in [0, 0.05) is 26.1 Å². The molecule has 1 saturated heterocycles. The summed E-state index contributed by atoms with van der Waals surface area (Å²) in [6, 6.07) is 16.9. The average Bonchev–Trinajstić information content (AvgIpc) is 3.44. The summed E-state index contributed by atoms with van der Waals surface area (Å²) in [5.74, 6) is 0.457. The molecular weight excluding hydrogens is 372 g/mol. The van der Waals surface area contributed by atoms with Gasteiger partial charge in [-0.05, 0) is 49.3 Å². The van der Waals surface area contributed by atoms with Gasteiger partial charge in [-0.15, -0.1) is 0 Å². The molecule has 2 aliphatic rings. The molecule has 30 heavy (non-hydrogen) atoms. The first kappa shape index (κ1) is 20.6. The maximum absolute atomic E-state index is 13.1. The van der Waals surface area contributed by atoms with Crippen LogP contribution in [-0.4, -0.2) is 36.9 Å². The number of aryl methyl sites for hydroxylation is 1. The van der Waals surface area contributed by atoms with Crippen LogP contribution in [0.15, 0.2) is 48.5 Å². The summed E-state index contributed by atoms with van der Waals surface area (Å²) < 4.78 is 0. The van der Waals surface area contributed by atoms with Crippen molar-refractivity contribution >= 4 is 11.8 Å². The molecule has 1 aliphatic heterocycles. The maximum atomic E-state index is 13.1. The Morgan fingerprint density at radius 1 is 1.10 bits per heavy atom. The van der Waals surface area contributed by atoms with Crippen molar-refractivity contribution in [1.82, 2.24) is 10.2 Å². The highest BCUT2D eigenvalue weighted by molar-refractivity contribution is 5.86. The van der Waals surface area contributed by atoms with Crippen LogP contribution in [0.5, 0.6) is 0 Å². The molecule has 1 heterocycles. The van der Waals surface area contributed by atoms with E-state index in [1.54, 1.807) is 7.05 Å². The Balaban J connectivity index is 1.62. The smallest absolute Gasteiger partial charge is 0.228 e. The molecule has 2 fully saturated rings. The fourth-order valence-electron chi connectivity index (χ4n) is 5.30. The van der Waals surface area contributed by atoms with Crippen molar-refractivity contribution in [2.24, 2.45) is 11.3 Å². The summed E-state index contributed by atoms with van der Waals surface area (Å²) in [6.07, 6.45) is 5.65. The molecule has 1 saturated carbocycles. The normalized spacial score (nSPS) is 21.7. The van der Waals surface area contributed by atoms with E-state index in [9.17, 15) is 9.59 Å². The van der Waals surface area contributed by atoms with E-state index in [1.165, 1.54) is 22.3 Å². The van der Waals surface area contributed by atoms with Crippen LogP contribution in [0.1, 0.15) is 43.2 Å². The van der Waals surface area contributed by atoms with Crippen LogP contribution >= 0.6 is 0 Å². The molecule has 0 spiro atoms. The fourth-order valence-corrected chi connectivity index (χ4v) is 5.30. The van der Waals surface area contributed by atoms with Gasteiger partial charge in [0.25, 0.3) is 0 Å². The minimum absolute atomic E-state index is 0.0447. The van der Waals surface area contributed by atoms with Crippen molar-refractivity contribution in [3.8, 4) is 11.1 Å². The number of likely N-dealkylation sites (tertiary alicyclic amines) is 1. The van der Waals surface area contributed by atoms with Gasteiger partial charge < -0.3 is 10.2 Å². The minimum atomic E-state index is -0.567. The lowest BCUT2D eigenvalue weighted by atomic mass is 9.78. The van der Waals surface area contributed by atoms with E-state index in [4.69, 9.17) is 0 Å². The minimum Gasteiger partial charge on any atom is -0.359 e. The van der Waals surface area contributed by atoms with Crippen molar-refractivity contribution < 1.29 is 9.59 Å². The SMILES string of the molecule is CNC(=O)[C@]1(Cc2ccccc2-c2cccc(C)c2)CCN(C(=O)C2CCCC2)C1. The number of benzene rings is 2. The van der Waals surface area contributed by atoms with Gasteiger partial charge in [0.1, 0.15) is 0 Å².